The molecule has 1 fully saturated rings. The van der Waals surface area contributed by atoms with Crippen LogP contribution in [0.1, 0.15) is 26.0 Å². The smallest absolute Gasteiger partial charge is 0.181 e. The van der Waals surface area contributed by atoms with Crippen molar-refractivity contribution >= 4 is 52.7 Å². The number of benzene rings is 1. The molecule has 1 aliphatic rings. The van der Waals surface area contributed by atoms with Crippen LogP contribution in [0, 0.1) is 0 Å². The fourth-order valence-electron chi connectivity index (χ4n) is 2.80. The second kappa shape index (κ2) is 5.80. The highest BCUT2D eigenvalue weighted by Gasteiger charge is 2.44. The monoisotopic (exact) mass is 466 g/mol. The standard InChI is InChI=1S/C14H16Br2N2O4S/c1-14(2)6-12(18(3)22-14)23(19,20)7-11-9-4-8(15)5-10(16)13(9)21-17-11/h4-5,12H,6-7H2,1-3H3. The van der Waals surface area contributed by atoms with Crippen molar-refractivity contribution in [3.05, 3.63) is 26.8 Å². The van der Waals surface area contributed by atoms with Gasteiger partial charge >= 0.3 is 0 Å². The van der Waals surface area contributed by atoms with Crippen molar-refractivity contribution in [3.8, 4) is 0 Å². The van der Waals surface area contributed by atoms with E-state index in [0.717, 1.165) is 8.95 Å². The van der Waals surface area contributed by atoms with Gasteiger partial charge in [-0.3, -0.25) is 4.84 Å². The first-order valence-corrected chi connectivity index (χ1v) is 10.3. The number of hydrogen-bond donors (Lipinski definition) is 0. The summed E-state index contributed by atoms with van der Waals surface area (Å²) in [4.78, 5) is 5.59. The van der Waals surface area contributed by atoms with Crippen LogP contribution in [0.4, 0.5) is 0 Å². The molecule has 1 aliphatic heterocycles. The molecule has 23 heavy (non-hydrogen) atoms. The Morgan fingerprint density at radius 3 is 2.70 bits per heavy atom. The summed E-state index contributed by atoms with van der Waals surface area (Å²) in [6.45, 7) is 3.75. The van der Waals surface area contributed by atoms with Gasteiger partial charge in [-0.15, -0.1) is 0 Å². The van der Waals surface area contributed by atoms with Gasteiger partial charge in [0.2, 0.25) is 0 Å². The van der Waals surface area contributed by atoms with E-state index in [-0.39, 0.29) is 5.75 Å². The molecule has 126 valence electrons. The Morgan fingerprint density at radius 2 is 2.09 bits per heavy atom. The van der Waals surface area contributed by atoms with Gasteiger partial charge in [0.05, 0.1) is 15.8 Å². The van der Waals surface area contributed by atoms with E-state index in [4.69, 9.17) is 9.36 Å². The predicted octanol–water partition coefficient (Wildman–Crippen LogP) is 3.64. The average molecular weight is 468 g/mol. The van der Waals surface area contributed by atoms with Gasteiger partial charge in [0, 0.05) is 23.3 Å². The number of halogens is 2. The van der Waals surface area contributed by atoms with Crippen LogP contribution in [0.5, 0.6) is 0 Å². The molecule has 2 aromatic rings. The van der Waals surface area contributed by atoms with E-state index < -0.39 is 20.8 Å². The van der Waals surface area contributed by atoms with Crippen molar-refractivity contribution in [3.63, 3.8) is 0 Å². The Bertz CT molecular complexity index is 863. The first-order valence-electron chi connectivity index (χ1n) is 6.96. The molecule has 1 aromatic carbocycles. The number of nitrogens with zero attached hydrogens (tertiary/aromatic N) is 2. The summed E-state index contributed by atoms with van der Waals surface area (Å²) in [5.74, 6) is -0.197. The molecule has 0 aliphatic carbocycles. The van der Waals surface area contributed by atoms with Gasteiger partial charge in [-0.2, -0.15) is 5.06 Å². The van der Waals surface area contributed by atoms with E-state index in [1.54, 1.807) is 13.1 Å². The molecule has 2 heterocycles. The van der Waals surface area contributed by atoms with Crippen LogP contribution in [-0.2, 0) is 20.4 Å². The third kappa shape index (κ3) is 3.34. The number of hydroxylamine groups is 2. The summed E-state index contributed by atoms with van der Waals surface area (Å²) in [6, 6.07) is 3.63. The van der Waals surface area contributed by atoms with E-state index >= 15 is 0 Å². The Labute approximate surface area is 151 Å². The van der Waals surface area contributed by atoms with Crippen molar-refractivity contribution in [2.75, 3.05) is 7.05 Å². The molecule has 0 saturated carbocycles. The van der Waals surface area contributed by atoms with Crippen molar-refractivity contribution < 1.29 is 17.8 Å². The number of fused-ring (bicyclic) bond motifs is 1. The van der Waals surface area contributed by atoms with Crippen molar-refractivity contribution in [2.45, 2.75) is 37.0 Å². The molecule has 1 saturated heterocycles. The largest absolute Gasteiger partial charge is 0.355 e. The van der Waals surface area contributed by atoms with Gasteiger partial charge in [0.1, 0.15) is 11.1 Å². The Hall–Kier alpha value is -0.480. The van der Waals surface area contributed by atoms with E-state index in [9.17, 15) is 8.42 Å². The maximum Gasteiger partial charge on any atom is 0.181 e. The van der Waals surface area contributed by atoms with Gasteiger partial charge in [-0.1, -0.05) is 21.1 Å². The molecular formula is C14H16Br2N2O4S. The molecule has 6 nitrogen and oxygen atoms in total. The van der Waals surface area contributed by atoms with Gasteiger partial charge in [-0.25, -0.2) is 8.42 Å². The first-order chi connectivity index (χ1) is 10.6. The Balaban J connectivity index is 1.96. The van der Waals surface area contributed by atoms with Crippen LogP contribution in [0.25, 0.3) is 11.0 Å². The Kier molecular flexibility index (Phi) is 4.38. The van der Waals surface area contributed by atoms with Crippen molar-refractivity contribution in [1.82, 2.24) is 10.2 Å². The summed E-state index contributed by atoms with van der Waals surface area (Å²) in [5, 5.41) is 5.35. The fourth-order valence-corrected chi connectivity index (χ4v) is 6.03. The van der Waals surface area contributed by atoms with Gasteiger partial charge in [0.25, 0.3) is 0 Å². The first kappa shape index (κ1) is 17.3. The third-order valence-corrected chi connectivity index (χ3v) is 6.80. The highest BCUT2D eigenvalue weighted by Crippen LogP contribution is 2.35. The van der Waals surface area contributed by atoms with Gasteiger partial charge in [0.15, 0.2) is 15.4 Å². The molecule has 0 bridgehead atoms. The second-order valence-electron chi connectivity index (χ2n) is 6.26. The average Bonchev–Trinajstić information content (AvgIpc) is 2.90. The highest BCUT2D eigenvalue weighted by molar-refractivity contribution is 9.11. The molecular weight excluding hydrogens is 452 g/mol. The lowest BCUT2D eigenvalue weighted by Crippen LogP contribution is -2.33. The van der Waals surface area contributed by atoms with Crippen molar-refractivity contribution in [2.24, 2.45) is 0 Å². The minimum atomic E-state index is -3.47. The lowest BCUT2D eigenvalue weighted by Gasteiger charge is -2.18. The minimum absolute atomic E-state index is 0.197. The lowest BCUT2D eigenvalue weighted by atomic mass is 10.1. The van der Waals surface area contributed by atoms with Crippen LogP contribution in [0.15, 0.2) is 25.6 Å². The van der Waals surface area contributed by atoms with Crippen LogP contribution in [0.2, 0.25) is 0 Å². The van der Waals surface area contributed by atoms with E-state index in [2.05, 4.69) is 37.0 Å². The summed E-state index contributed by atoms with van der Waals surface area (Å²) >= 11 is 6.79. The lowest BCUT2D eigenvalue weighted by molar-refractivity contribution is -0.168. The molecule has 0 amide bonds. The molecule has 1 aromatic heterocycles. The Morgan fingerprint density at radius 1 is 1.39 bits per heavy atom. The topological polar surface area (TPSA) is 72.6 Å². The normalized spacial score (nSPS) is 22.0. The zero-order chi connectivity index (χ0) is 17.0. The molecule has 1 unspecified atom stereocenters. The van der Waals surface area contributed by atoms with Gasteiger partial charge < -0.3 is 4.52 Å². The second-order valence-corrected chi connectivity index (χ2v) is 10.2. The molecule has 9 heteroatoms. The quantitative estimate of drug-likeness (QED) is 0.686. The maximum absolute atomic E-state index is 12.8. The summed E-state index contributed by atoms with van der Waals surface area (Å²) in [5.41, 5.74) is 0.444. The van der Waals surface area contributed by atoms with E-state index in [0.29, 0.717) is 23.1 Å². The van der Waals surface area contributed by atoms with Crippen molar-refractivity contribution in [1.29, 1.82) is 0 Å². The van der Waals surface area contributed by atoms with E-state index in [1.165, 1.54) is 5.06 Å². The number of aromatic nitrogens is 1. The maximum atomic E-state index is 12.8. The minimum Gasteiger partial charge on any atom is -0.355 e. The van der Waals surface area contributed by atoms with Gasteiger partial charge in [-0.05, 0) is 41.9 Å². The van der Waals surface area contributed by atoms with Crippen LogP contribution in [-0.4, -0.2) is 36.7 Å². The van der Waals surface area contributed by atoms with Crippen LogP contribution >= 0.6 is 31.9 Å². The number of hydrogen-bond acceptors (Lipinski definition) is 6. The zero-order valence-corrected chi connectivity index (χ0v) is 16.8. The highest BCUT2D eigenvalue weighted by atomic mass is 79.9. The SMILES string of the molecule is CN1OC(C)(C)CC1S(=O)(=O)Cc1noc2c(Br)cc(Br)cc12. The molecule has 0 radical (unpaired) electrons. The zero-order valence-electron chi connectivity index (χ0n) is 12.8. The summed E-state index contributed by atoms with van der Waals surface area (Å²) in [7, 11) is -1.83. The summed E-state index contributed by atoms with van der Waals surface area (Å²) in [6.07, 6.45) is 0.412. The number of rotatable bonds is 3. The molecule has 3 rings (SSSR count). The molecule has 0 N–H and O–H groups in total. The molecule has 0 spiro atoms. The molecule has 1 atom stereocenters. The number of sulfone groups is 1. The summed E-state index contributed by atoms with van der Waals surface area (Å²) < 4.78 is 32.4. The van der Waals surface area contributed by atoms with E-state index in [1.807, 2.05) is 19.9 Å². The van der Waals surface area contributed by atoms with Crippen LogP contribution < -0.4 is 0 Å². The van der Waals surface area contributed by atoms with Crippen LogP contribution in [0.3, 0.4) is 0 Å². The predicted molar refractivity (Wildman–Crippen MR) is 93.4 cm³/mol. The fraction of sp³-hybridized carbons (Fsp3) is 0.500. The third-order valence-electron chi connectivity index (χ3n) is 3.78.